The largest absolute Gasteiger partial charge is 0.396 e. The lowest BCUT2D eigenvalue weighted by molar-refractivity contribution is -0.183. The zero-order valence-electron chi connectivity index (χ0n) is 35.5. The van der Waals surface area contributed by atoms with Crippen LogP contribution in [0.15, 0.2) is 12.2 Å². The van der Waals surface area contributed by atoms with E-state index in [0.717, 1.165) is 5.57 Å². The van der Waals surface area contributed by atoms with Gasteiger partial charge in [0, 0.05) is 49.4 Å². The smallest absolute Gasteiger partial charge is 0.145 e. The molecule has 25 heteroatoms. The van der Waals surface area contributed by atoms with E-state index < -0.39 is 125 Å². The molecule has 13 N–H and O–H groups in total. The molecule has 1 aliphatic carbocycles. The van der Waals surface area contributed by atoms with Crippen LogP contribution in [0.1, 0.15) is 40.0 Å². The summed E-state index contributed by atoms with van der Waals surface area (Å²) in [7, 11) is 22.1. The molecule has 1 saturated carbocycles. The average molecular weight is 895 g/mol. The molecular weight excluding hydrogens is 834 g/mol. The highest BCUT2D eigenvalue weighted by atomic mass is 16.7. The summed E-state index contributed by atoms with van der Waals surface area (Å²) in [6, 6.07) is -2.66. The Balaban J connectivity index is 0.000000131. The Hall–Kier alpha value is -0.840. The van der Waals surface area contributed by atoms with E-state index in [1.807, 2.05) is 6.92 Å². The Morgan fingerprint density at radius 3 is 1.60 bits per heavy atom. The first-order valence-corrected chi connectivity index (χ1v) is 21.1. The van der Waals surface area contributed by atoms with Crippen molar-refractivity contribution in [2.75, 3.05) is 39.6 Å². The first-order valence-electron chi connectivity index (χ1n) is 21.1. The van der Waals surface area contributed by atoms with Crippen LogP contribution in [0.5, 0.6) is 0 Å². The van der Waals surface area contributed by atoms with Crippen LogP contribution in [-0.2, 0) is 42.6 Å². The fourth-order valence-corrected chi connectivity index (χ4v) is 10.5. The molecule has 2 unspecified atom stereocenters. The predicted octanol–water partition coefficient (Wildman–Crippen LogP) is -7.72. The minimum absolute atomic E-state index is 0.00611. The minimum atomic E-state index is -1.15. The lowest BCUT2D eigenvalue weighted by Gasteiger charge is -2.37. The second-order valence-electron chi connectivity index (χ2n) is 18.0. The predicted molar refractivity (Wildman–Crippen MR) is 216 cm³/mol. The van der Waals surface area contributed by atoms with Crippen LogP contribution in [0.25, 0.3) is 0 Å². The number of fused-ring (bicyclic) bond motifs is 10. The Morgan fingerprint density at radius 1 is 0.667 bits per heavy atom. The van der Waals surface area contributed by atoms with Crippen molar-refractivity contribution >= 4 is 31.4 Å². The first-order chi connectivity index (χ1) is 29.5. The summed E-state index contributed by atoms with van der Waals surface area (Å²) in [6.07, 6.45) is -7.14. The molecule has 0 aromatic heterocycles. The number of aliphatic hydroxyl groups excluding tert-OH is 11. The maximum absolute atomic E-state index is 9.78. The number of hydrogen-bond acceptors (Lipinski definition) is 21. The van der Waals surface area contributed by atoms with Crippen LogP contribution < -0.4 is 5.73 Å². The maximum Gasteiger partial charge on any atom is 0.145 e. The monoisotopic (exact) mass is 895 g/mol. The molecule has 10 aliphatic rings. The van der Waals surface area contributed by atoms with Gasteiger partial charge in [0.1, 0.15) is 114 Å². The van der Waals surface area contributed by atoms with E-state index in [1.54, 1.807) is 13.8 Å². The van der Waals surface area contributed by atoms with Gasteiger partial charge >= 0.3 is 0 Å². The molecule has 9 aliphatic heterocycles. The zero-order chi connectivity index (χ0) is 46.8. The lowest BCUT2D eigenvalue weighted by atomic mass is 9.85. The Bertz CT molecular complexity index is 1570. The molecule has 9 heterocycles. The van der Waals surface area contributed by atoms with E-state index in [9.17, 15) is 35.7 Å². The van der Waals surface area contributed by atoms with Crippen LogP contribution in [0.4, 0.5) is 0 Å². The van der Waals surface area contributed by atoms with E-state index in [0.29, 0.717) is 12.8 Å². The van der Waals surface area contributed by atoms with Crippen LogP contribution in [0.3, 0.4) is 0 Å². The summed E-state index contributed by atoms with van der Waals surface area (Å²) >= 11 is 0. The molecule has 63 heavy (non-hydrogen) atoms. The topological polar surface area (TPSA) is 332 Å². The van der Waals surface area contributed by atoms with Crippen molar-refractivity contribution in [1.29, 1.82) is 0 Å². The van der Waals surface area contributed by atoms with E-state index in [4.69, 9.17) is 100 Å². The molecule has 9 saturated heterocycles. The zero-order valence-corrected chi connectivity index (χ0v) is 35.5. The van der Waals surface area contributed by atoms with Gasteiger partial charge in [0.05, 0.1) is 63.6 Å². The number of hydrogen-bond donors (Lipinski definition) is 12. The Morgan fingerprint density at radius 2 is 1.21 bits per heavy atom. The van der Waals surface area contributed by atoms with Crippen molar-refractivity contribution < 1.29 is 98.8 Å². The number of ether oxygens (including phenoxy) is 9. The Labute approximate surface area is 370 Å². The van der Waals surface area contributed by atoms with Crippen molar-refractivity contribution in [2.45, 2.75) is 178 Å². The summed E-state index contributed by atoms with van der Waals surface area (Å²) in [5.74, 6) is 0.0251. The molecule has 8 radical (unpaired) electrons. The summed E-state index contributed by atoms with van der Waals surface area (Å²) < 4.78 is 47.8. The third-order valence-corrected chi connectivity index (χ3v) is 14.2. The van der Waals surface area contributed by atoms with Gasteiger partial charge < -0.3 is 105 Å². The SMILES string of the molecule is C=C1C[C@]2(CO)O[C@@H](C)[C@H]1[C@H]2O.[B][C@@H]1O[C@@]2(C(C)O)CO[C@@H]1[C@@H]2O.[B][C@@H]1O[C@@]2(CO)CC(N)O[C@@H]1[C@@H]2O.[B][C@@H]1O[C@@]2(CO)[C@H](C)O[C@@H]1[C@@H]2O.[B][C@@H]1O[C@@]2(CO)[C@H](CCO)O[C@@H]1[C@@H]2O. The molecule has 10 rings (SSSR count). The fraction of sp³-hybridized carbons (Fsp3) is 0.947. The highest BCUT2D eigenvalue weighted by molar-refractivity contribution is 6.12. The number of aliphatic hydroxyl groups is 11. The summed E-state index contributed by atoms with van der Waals surface area (Å²) in [5, 5.41) is 103. The molecule has 10 bridgehead atoms. The second kappa shape index (κ2) is 19.3. The number of rotatable bonds is 7. The van der Waals surface area contributed by atoms with Gasteiger partial charge in [0.2, 0.25) is 0 Å². The summed E-state index contributed by atoms with van der Waals surface area (Å²) in [6.45, 7) is 8.21. The number of nitrogens with two attached hydrogens (primary N) is 1. The average Bonchev–Trinajstić information content (AvgIpc) is 4.09. The third kappa shape index (κ3) is 8.45. The molecule has 350 valence electrons. The fourth-order valence-electron chi connectivity index (χ4n) is 10.5. The van der Waals surface area contributed by atoms with Gasteiger partial charge in [-0.15, -0.1) is 0 Å². The van der Waals surface area contributed by atoms with Gasteiger partial charge in [-0.2, -0.15) is 0 Å². The normalized spacial score (nSPS) is 54.1. The lowest BCUT2D eigenvalue weighted by Crippen LogP contribution is -2.56. The van der Waals surface area contributed by atoms with Crippen LogP contribution in [-0.4, -0.2) is 265 Å². The second-order valence-corrected chi connectivity index (χ2v) is 18.0. The van der Waals surface area contributed by atoms with Gasteiger partial charge in [-0.3, -0.25) is 0 Å². The van der Waals surface area contributed by atoms with Crippen molar-refractivity contribution in [3.63, 3.8) is 0 Å². The van der Waals surface area contributed by atoms with Crippen molar-refractivity contribution in [1.82, 2.24) is 0 Å². The van der Waals surface area contributed by atoms with Gasteiger partial charge in [0.15, 0.2) is 0 Å². The van der Waals surface area contributed by atoms with E-state index >= 15 is 0 Å². The van der Waals surface area contributed by atoms with Crippen LogP contribution in [0, 0.1) is 5.92 Å². The van der Waals surface area contributed by atoms with E-state index in [2.05, 4.69) is 6.58 Å². The van der Waals surface area contributed by atoms with Crippen molar-refractivity contribution in [2.24, 2.45) is 11.7 Å². The molecular formula is C38H61B4NO20. The summed E-state index contributed by atoms with van der Waals surface area (Å²) in [4.78, 5) is 0. The molecule has 0 aromatic rings. The highest BCUT2D eigenvalue weighted by Crippen LogP contribution is 2.50. The first kappa shape index (κ1) is 51.5. The van der Waals surface area contributed by atoms with Gasteiger partial charge in [-0.05, 0) is 27.2 Å². The molecule has 0 spiro atoms. The van der Waals surface area contributed by atoms with Crippen molar-refractivity contribution in [3.05, 3.63) is 12.2 Å². The van der Waals surface area contributed by atoms with Gasteiger partial charge in [-0.25, -0.2) is 0 Å². The molecule has 24 atom stereocenters. The maximum atomic E-state index is 9.78. The molecule has 10 fully saturated rings. The summed E-state index contributed by atoms with van der Waals surface area (Å²) in [5.41, 5.74) is 1.67. The van der Waals surface area contributed by atoms with Crippen LogP contribution >= 0.6 is 0 Å². The van der Waals surface area contributed by atoms with E-state index in [1.165, 1.54) is 0 Å². The van der Waals surface area contributed by atoms with Gasteiger partial charge in [0.25, 0.3) is 0 Å². The van der Waals surface area contributed by atoms with Gasteiger partial charge in [-0.1, -0.05) is 12.2 Å². The molecule has 0 aromatic carbocycles. The van der Waals surface area contributed by atoms with E-state index in [-0.39, 0.29) is 64.2 Å². The molecule has 0 amide bonds. The highest BCUT2D eigenvalue weighted by Gasteiger charge is 2.66. The standard InChI is InChI=1S/C9H14O3.C8H13BO5.C7H12BNO4.2C7H11BO4/c1-5-3-9(4-10)8(11)7(5)6(2)12-9;9-7-5-6(12)8(3-11,14-7)4(13-5)1-2-10;8-6-4-5(11)7(2-10,13-6)1-3(9)12-4;1-3(9)7-2-11-4(5(7)10)6(8)12-7;1-3-7(2-9)5(10)4(11-3)6(8)12-7/h6-8,10-11H,1,3-4H2,2H3;4-7,10-12H,1-3H2;3-6,10-11H,1-2,9H2;2*3-6,9-10H,2H2,1H3/t6-,7-,8+,9+;4-,5+,6-,7+,8-;2*3?,4-,5+,6-,7-;3-,4+,5-,6+,7-/m00110/s1. The quantitative estimate of drug-likeness (QED) is 0.0834. The molecule has 21 nitrogen and oxygen atoms in total. The third-order valence-electron chi connectivity index (χ3n) is 14.2. The Kier molecular flexibility index (Phi) is 15.8. The minimum Gasteiger partial charge on any atom is -0.396 e. The van der Waals surface area contributed by atoms with Crippen LogP contribution in [0.2, 0.25) is 0 Å². The van der Waals surface area contributed by atoms with Crippen molar-refractivity contribution in [3.8, 4) is 0 Å².